The maximum Gasteiger partial charge on any atom is 0.337 e. The number of hydrogen-bond donors (Lipinski definition) is 0. The molecule has 0 N–H and O–H groups in total. The average Bonchev–Trinajstić information content (AvgIpc) is 3.37. The summed E-state index contributed by atoms with van der Waals surface area (Å²) in [7, 11) is 0. The van der Waals surface area contributed by atoms with Crippen molar-refractivity contribution < 1.29 is 13.9 Å². The second-order valence-electron chi connectivity index (χ2n) is 6.27. The number of benzene rings is 1. The first-order valence-corrected chi connectivity index (χ1v) is 9.04. The molecule has 0 bridgehead atoms. The third kappa shape index (κ3) is 3.38. The number of ether oxygens (including phenoxy) is 1. The lowest BCUT2D eigenvalue weighted by atomic mass is 10.3. The Kier molecular flexibility index (Phi) is 4.86. The van der Waals surface area contributed by atoms with Crippen molar-refractivity contribution in [2.75, 3.05) is 6.61 Å². The molecule has 0 aliphatic carbocycles. The van der Waals surface area contributed by atoms with Crippen LogP contribution in [-0.4, -0.2) is 31.3 Å². The quantitative estimate of drug-likeness (QED) is 0.460. The van der Waals surface area contributed by atoms with Crippen LogP contribution in [0.5, 0.6) is 0 Å². The summed E-state index contributed by atoms with van der Waals surface area (Å²) in [6.45, 7) is 1.70. The predicted octanol–water partition coefficient (Wildman–Crippen LogP) is 1.55. The monoisotopic (exact) mass is 394 g/mol. The van der Waals surface area contributed by atoms with Crippen LogP contribution in [0.25, 0.3) is 16.9 Å². The topological polar surface area (TPSA) is 101 Å². The maximum absolute atomic E-state index is 13.2. The van der Waals surface area contributed by atoms with Crippen molar-refractivity contribution >= 4 is 17.1 Å². The molecule has 3 heterocycles. The van der Waals surface area contributed by atoms with E-state index in [4.69, 9.17) is 9.15 Å². The van der Waals surface area contributed by atoms with Crippen molar-refractivity contribution in [2.45, 2.75) is 20.0 Å². The van der Waals surface area contributed by atoms with Gasteiger partial charge in [0.2, 0.25) is 0 Å². The van der Waals surface area contributed by atoms with Crippen LogP contribution in [0.4, 0.5) is 0 Å². The predicted molar refractivity (Wildman–Crippen MR) is 104 cm³/mol. The Morgan fingerprint density at radius 1 is 1.14 bits per heavy atom. The molecule has 0 aliphatic rings. The van der Waals surface area contributed by atoms with Gasteiger partial charge < -0.3 is 13.7 Å². The van der Waals surface area contributed by atoms with E-state index in [1.165, 1.54) is 21.7 Å². The number of esters is 1. The van der Waals surface area contributed by atoms with Gasteiger partial charge in [-0.05, 0) is 31.2 Å². The summed E-state index contributed by atoms with van der Waals surface area (Å²) in [6, 6.07) is 12.2. The van der Waals surface area contributed by atoms with E-state index >= 15 is 0 Å². The van der Waals surface area contributed by atoms with Crippen LogP contribution >= 0.6 is 0 Å². The second kappa shape index (κ2) is 7.63. The summed E-state index contributed by atoms with van der Waals surface area (Å²) in [4.78, 5) is 42.6. The third-order valence-corrected chi connectivity index (χ3v) is 4.41. The van der Waals surface area contributed by atoms with Crippen LogP contribution in [-0.2, 0) is 22.6 Å². The zero-order chi connectivity index (χ0) is 20.4. The van der Waals surface area contributed by atoms with Gasteiger partial charge in [-0.25, -0.2) is 14.3 Å². The van der Waals surface area contributed by atoms with Gasteiger partial charge in [0.15, 0.2) is 11.2 Å². The molecule has 0 fully saturated rings. The molecule has 148 valence electrons. The van der Waals surface area contributed by atoms with Crippen molar-refractivity contribution in [1.82, 2.24) is 18.7 Å². The average molecular weight is 394 g/mol. The Morgan fingerprint density at radius 2 is 1.93 bits per heavy atom. The van der Waals surface area contributed by atoms with E-state index in [9.17, 15) is 14.4 Å². The van der Waals surface area contributed by atoms with Crippen molar-refractivity contribution in [3.63, 3.8) is 0 Å². The molecular weight excluding hydrogens is 376 g/mol. The lowest BCUT2D eigenvalue weighted by Gasteiger charge is -2.12. The Bertz CT molecular complexity index is 1270. The summed E-state index contributed by atoms with van der Waals surface area (Å²) >= 11 is 0. The van der Waals surface area contributed by atoms with Crippen LogP contribution in [0, 0.1) is 0 Å². The largest absolute Gasteiger partial charge is 0.467 e. The number of furan rings is 1. The molecule has 9 heteroatoms. The van der Waals surface area contributed by atoms with Crippen molar-refractivity contribution in [2.24, 2.45) is 0 Å². The zero-order valence-electron chi connectivity index (χ0n) is 15.6. The molecule has 1 aromatic carbocycles. The van der Waals surface area contributed by atoms with Crippen LogP contribution < -0.4 is 11.2 Å². The number of para-hydroxylation sites is 1. The molecule has 0 spiro atoms. The first kappa shape index (κ1) is 18.5. The summed E-state index contributed by atoms with van der Waals surface area (Å²) in [5.41, 5.74) is -0.252. The molecule has 3 aromatic heterocycles. The molecule has 29 heavy (non-hydrogen) atoms. The summed E-state index contributed by atoms with van der Waals surface area (Å²) in [5.74, 6) is -0.0409. The SMILES string of the molecule is CCOC(=O)Cn1cnc2c1c(=O)n(Cc1ccco1)c(=O)n2-c1ccccc1. The summed E-state index contributed by atoms with van der Waals surface area (Å²) in [6.07, 6.45) is 2.83. The Hall–Kier alpha value is -3.88. The Morgan fingerprint density at radius 3 is 2.62 bits per heavy atom. The van der Waals surface area contributed by atoms with Crippen molar-refractivity contribution in [1.29, 1.82) is 0 Å². The highest BCUT2D eigenvalue weighted by molar-refractivity contribution is 5.76. The summed E-state index contributed by atoms with van der Waals surface area (Å²) < 4.78 is 14.1. The minimum absolute atomic E-state index is 0.0436. The van der Waals surface area contributed by atoms with E-state index in [1.807, 2.05) is 6.07 Å². The smallest absolute Gasteiger partial charge is 0.337 e. The van der Waals surface area contributed by atoms with Gasteiger partial charge >= 0.3 is 11.7 Å². The van der Waals surface area contributed by atoms with Crippen LogP contribution in [0.1, 0.15) is 12.7 Å². The Labute approximate surface area is 164 Å². The molecule has 0 aliphatic heterocycles. The number of hydrogen-bond acceptors (Lipinski definition) is 6. The van der Waals surface area contributed by atoms with E-state index in [0.717, 1.165) is 4.57 Å². The van der Waals surface area contributed by atoms with Gasteiger partial charge in [0, 0.05) is 0 Å². The maximum atomic E-state index is 13.2. The van der Waals surface area contributed by atoms with Crippen molar-refractivity contribution in [3.8, 4) is 5.69 Å². The number of nitrogens with zero attached hydrogens (tertiary/aromatic N) is 4. The standard InChI is InChI=1S/C20H18N4O5/c1-2-28-16(25)12-22-13-21-18-17(22)19(26)23(11-15-9-6-10-29-15)20(27)24(18)14-7-4-3-5-8-14/h3-10,13H,2,11-12H2,1H3. The fraction of sp³-hybridized carbons (Fsp3) is 0.200. The van der Waals surface area contributed by atoms with Crippen LogP contribution in [0.15, 0.2) is 69.1 Å². The zero-order valence-corrected chi connectivity index (χ0v) is 15.6. The minimum Gasteiger partial charge on any atom is -0.467 e. The number of imidazole rings is 1. The molecule has 4 rings (SSSR count). The lowest BCUT2D eigenvalue weighted by Crippen LogP contribution is -2.40. The number of carbonyl (C=O) groups excluding carboxylic acids is 1. The highest BCUT2D eigenvalue weighted by Crippen LogP contribution is 2.13. The number of fused-ring (bicyclic) bond motifs is 1. The van der Waals surface area contributed by atoms with Gasteiger partial charge in [-0.1, -0.05) is 18.2 Å². The lowest BCUT2D eigenvalue weighted by molar-refractivity contribution is -0.143. The first-order valence-electron chi connectivity index (χ1n) is 9.04. The van der Waals surface area contributed by atoms with Gasteiger partial charge in [-0.3, -0.25) is 14.2 Å². The van der Waals surface area contributed by atoms with E-state index in [0.29, 0.717) is 11.4 Å². The highest BCUT2D eigenvalue weighted by Gasteiger charge is 2.21. The molecule has 4 aromatic rings. The second-order valence-corrected chi connectivity index (χ2v) is 6.27. The fourth-order valence-electron chi connectivity index (χ4n) is 3.15. The van der Waals surface area contributed by atoms with E-state index in [-0.39, 0.29) is 30.9 Å². The van der Waals surface area contributed by atoms with Gasteiger partial charge in [0.05, 0.1) is 31.4 Å². The fourth-order valence-corrected chi connectivity index (χ4v) is 3.15. The van der Waals surface area contributed by atoms with E-state index in [2.05, 4.69) is 4.98 Å². The molecule has 0 atom stereocenters. The molecule has 0 unspecified atom stereocenters. The number of carbonyl (C=O) groups is 1. The van der Waals surface area contributed by atoms with Crippen LogP contribution in [0.2, 0.25) is 0 Å². The van der Waals surface area contributed by atoms with E-state index in [1.54, 1.807) is 43.3 Å². The molecule has 0 radical (unpaired) electrons. The van der Waals surface area contributed by atoms with Crippen LogP contribution in [0.3, 0.4) is 0 Å². The molecular formula is C20H18N4O5. The normalized spacial score (nSPS) is 11.1. The molecule has 9 nitrogen and oxygen atoms in total. The number of aromatic nitrogens is 4. The van der Waals surface area contributed by atoms with E-state index < -0.39 is 17.2 Å². The van der Waals surface area contributed by atoms with Crippen molar-refractivity contribution in [3.05, 3.63) is 81.7 Å². The minimum atomic E-state index is -0.560. The van der Waals surface area contributed by atoms with Gasteiger partial charge in [-0.2, -0.15) is 0 Å². The molecule has 0 saturated heterocycles. The number of rotatable bonds is 6. The van der Waals surface area contributed by atoms with Gasteiger partial charge in [0.1, 0.15) is 12.3 Å². The molecule has 0 saturated carbocycles. The third-order valence-electron chi connectivity index (χ3n) is 4.41. The van der Waals surface area contributed by atoms with Gasteiger partial charge in [-0.15, -0.1) is 0 Å². The first-order chi connectivity index (χ1) is 14.1. The summed E-state index contributed by atoms with van der Waals surface area (Å²) in [5, 5.41) is 0. The van der Waals surface area contributed by atoms with Gasteiger partial charge in [0.25, 0.3) is 5.56 Å². The molecule has 0 amide bonds. The highest BCUT2D eigenvalue weighted by atomic mass is 16.5. The Balaban J connectivity index is 1.98.